The molecule has 36 heavy (non-hydrogen) atoms. The number of hydrogen-bond donors (Lipinski definition) is 2. The first-order chi connectivity index (χ1) is 17.2. The Morgan fingerprint density at radius 1 is 1.03 bits per heavy atom. The third-order valence-electron chi connectivity index (χ3n) is 6.66. The van der Waals surface area contributed by atoms with E-state index in [0.717, 1.165) is 11.6 Å². The van der Waals surface area contributed by atoms with Crippen LogP contribution in [0.15, 0.2) is 83.8 Å². The maximum atomic E-state index is 13.7. The van der Waals surface area contributed by atoms with Crippen LogP contribution in [-0.4, -0.2) is 15.0 Å². The summed E-state index contributed by atoms with van der Waals surface area (Å²) in [6.07, 6.45) is 0.0401. The molecule has 1 aliphatic carbocycles. The molecule has 2 N–H and O–H groups in total. The van der Waals surface area contributed by atoms with E-state index in [1.807, 2.05) is 19.1 Å². The molecule has 0 amide bonds. The molecule has 5 nitrogen and oxygen atoms in total. The van der Waals surface area contributed by atoms with Crippen LogP contribution in [0, 0.1) is 5.92 Å². The lowest BCUT2D eigenvalue weighted by atomic mass is 9.76. The first-order valence-corrected chi connectivity index (χ1v) is 13.1. The van der Waals surface area contributed by atoms with E-state index >= 15 is 0 Å². The van der Waals surface area contributed by atoms with E-state index in [-0.39, 0.29) is 22.3 Å². The highest BCUT2D eigenvalue weighted by Crippen LogP contribution is 2.51. The Morgan fingerprint density at radius 3 is 2.50 bits per heavy atom. The van der Waals surface area contributed by atoms with Crippen molar-refractivity contribution < 1.29 is 26.3 Å². The molecule has 1 aliphatic heterocycles. The minimum Gasteiger partial charge on any atom is -0.494 e. The zero-order valence-electron chi connectivity index (χ0n) is 19.4. The molecule has 0 saturated heterocycles. The van der Waals surface area contributed by atoms with Gasteiger partial charge >= 0.3 is 6.18 Å². The number of nitrogens with one attached hydrogen (secondary N) is 2. The summed E-state index contributed by atoms with van der Waals surface area (Å²) in [7, 11) is -3.88. The van der Waals surface area contributed by atoms with Gasteiger partial charge in [-0.1, -0.05) is 30.4 Å². The lowest BCUT2D eigenvalue weighted by Crippen LogP contribution is -2.31. The molecule has 0 unspecified atom stereocenters. The van der Waals surface area contributed by atoms with E-state index in [1.165, 1.54) is 18.2 Å². The van der Waals surface area contributed by atoms with Gasteiger partial charge in [-0.2, -0.15) is 13.2 Å². The number of halogens is 3. The summed E-state index contributed by atoms with van der Waals surface area (Å²) in [5, 5.41) is 3.27. The normalized spacial score (nSPS) is 20.8. The fourth-order valence-corrected chi connectivity index (χ4v) is 6.17. The first kappa shape index (κ1) is 24.2. The zero-order valence-corrected chi connectivity index (χ0v) is 20.2. The molecule has 9 heteroatoms. The van der Waals surface area contributed by atoms with Gasteiger partial charge in [0.1, 0.15) is 5.75 Å². The minimum atomic E-state index is -4.47. The molecule has 0 radical (unpaired) electrons. The number of fused-ring (bicyclic) bond motifs is 3. The van der Waals surface area contributed by atoms with Crippen molar-refractivity contribution in [2.75, 3.05) is 16.6 Å². The van der Waals surface area contributed by atoms with Crippen LogP contribution in [0.1, 0.15) is 42.0 Å². The average Bonchev–Trinajstić information content (AvgIpc) is 3.34. The molecular formula is C27H25F3N2O3S. The predicted molar refractivity (Wildman–Crippen MR) is 133 cm³/mol. The molecule has 5 rings (SSSR count). The number of anilines is 2. The molecule has 188 valence electrons. The van der Waals surface area contributed by atoms with Crippen molar-refractivity contribution in [2.24, 2.45) is 5.92 Å². The molecule has 1 heterocycles. The summed E-state index contributed by atoms with van der Waals surface area (Å²) < 4.78 is 75.5. The van der Waals surface area contributed by atoms with Crippen molar-refractivity contribution in [3.8, 4) is 5.75 Å². The van der Waals surface area contributed by atoms with E-state index in [4.69, 9.17) is 4.74 Å². The Hall–Kier alpha value is -3.46. The van der Waals surface area contributed by atoms with Crippen molar-refractivity contribution in [3.05, 3.63) is 95.6 Å². The number of sulfonamides is 1. The number of rotatable bonds is 6. The second-order valence-corrected chi connectivity index (χ2v) is 10.6. The molecule has 3 atom stereocenters. The summed E-state index contributed by atoms with van der Waals surface area (Å²) in [6.45, 7) is 2.37. The second kappa shape index (κ2) is 9.20. The van der Waals surface area contributed by atoms with Gasteiger partial charge in [-0.3, -0.25) is 4.72 Å². The number of benzene rings is 3. The van der Waals surface area contributed by atoms with Crippen LogP contribution in [0.25, 0.3) is 0 Å². The first-order valence-electron chi connectivity index (χ1n) is 11.7. The van der Waals surface area contributed by atoms with Crippen molar-refractivity contribution in [1.29, 1.82) is 0 Å². The summed E-state index contributed by atoms with van der Waals surface area (Å²) >= 11 is 0. The van der Waals surface area contributed by atoms with Crippen molar-refractivity contribution >= 4 is 21.4 Å². The average molecular weight is 515 g/mol. The Morgan fingerprint density at radius 2 is 1.78 bits per heavy atom. The van der Waals surface area contributed by atoms with Crippen LogP contribution < -0.4 is 14.8 Å². The summed E-state index contributed by atoms with van der Waals surface area (Å²) in [5.41, 5.74) is 1.32. The monoisotopic (exact) mass is 514 g/mol. The summed E-state index contributed by atoms with van der Waals surface area (Å²) in [5.74, 6) is 0.271. The van der Waals surface area contributed by atoms with Crippen molar-refractivity contribution in [2.45, 2.75) is 36.4 Å². The van der Waals surface area contributed by atoms with Crippen LogP contribution in [0.4, 0.5) is 24.5 Å². The lowest BCUT2D eigenvalue weighted by Gasteiger charge is -2.38. The van der Waals surface area contributed by atoms with E-state index in [9.17, 15) is 21.6 Å². The molecule has 0 saturated carbocycles. The highest BCUT2D eigenvalue weighted by molar-refractivity contribution is 7.92. The predicted octanol–water partition coefficient (Wildman–Crippen LogP) is 6.73. The maximum absolute atomic E-state index is 13.7. The Labute approximate surface area is 208 Å². The molecule has 0 spiro atoms. The third kappa shape index (κ3) is 4.55. The van der Waals surface area contributed by atoms with E-state index in [0.29, 0.717) is 30.2 Å². The number of hydrogen-bond acceptors (Lipinski definition) is 4. The second-order valence-electron chi connectivity index (χ2n) is 8.87. The Bertz CT molecular complexity index is 1400. The van der Waals surface area contributed by atoms with Gasteiger partial charge in [0, 0.05) is 17.3 Å². The van der Waals surface area contributed by atoms with Gasteiger partial charge in [-0.15, -0.1) is 0 Å². The van der Waals surface area contributed by atoms with Crippen molar-refractivity contribution in [3.63, 3.8) is 0 Å². The lowest BCUT2D eigenvalue weighted by molar-refractivity contribution is -0.138. The van der Waals surface area contributed by atoms with Gasteiger partial charge < -0.3 is 10.1 Å². The van der Waals surface area contributed by atoms with E-state index < -0.39 is 27.8 Å². The number of allylic oxidation sites excluding steroid dienone is 2. The van der Waals surface area contributed by atoms with Crippen LogP contribution in [-0.2, 0) is 16.2 Å². The van der Waals surface area contributed by atoms with Gasteiger partial charge in [-0.25, -0.2) is 8.42 Å². The maximum Gasteiger partial charge on any atom is 0.416 e. The highest BCUT2D eigenvalue weighted by Gasteiger charge is 2.42. The Balaban J connectivity index is 1.46. The van der Waals surface area contributed by atoms with Crippen LogP contribution in [0.3, 0.4) is 0 Å². The number of alkyl halides is 3. The standard InChI is InChI=1S/C27H25F3N2O3S/c1-2-35-18-12-10-17(11-13-18)32-36(33,34)19-14-15-25-23(16-19)20-7-5-8-21(20)26(31-25)22-6-3-4-9-24(22)27(28,29)30/h3-7,9-16,20-21,26,31-32H,2,8H2,1H3/t20-,21+,26-/m0/s1. The van der Waals surface area contributed by atoms with Gasteiger partial charge in [0.25, 0.3) is 10.0 Å². The van der Waals surface area contributed by atoms with Gasteiger partial charge in [0.05, 0.1) is 23.1 Å². The summed E-state index contributed by atoms with van der Waals surface area (Å²) in [4.78, 5) is 0.0881. The molecule has 3 aromatic carbocycles. The van der Waals surface area contributed by atoms with Crippen LogP contribution >= 0.6 is 0 Å². The van der Waals surface area contributed by atoms with Crippen molar-refractivity contribution in [1.82, 2.24) is 0 Å². The zero-order chi connectivity index (χ0) is 25.5. The smallest absolute Gasteiger partial charge is 0.416 e. The molecule has 3 aromatic rings. The quantitative estimate of drug-likeness (QED) is 0.358. The molecular weight excluding hydrogens is 489 g/mol. The number of ether oxygens (including phenoxy) is 1. The largest absolute Gasteiger partial charge is 0.494 e. The van der Waals surface area contributed by atoms with Gasteiger partial charge in [-0.05, 0) is 78.9 Å². The molecule has 2 aliphatic rings. The SMILES string of the molecule is CCOc1ccc(NS(=O)(=O)c2ccc3c(c2)[C@H]2C=CC[C@H]2[C@@H](c2ccccc2C(F)(F)F)N3)cc1. The van der Waals surface area contributed by atoms with Gasteiger partial charge in [0.2, 0.25) is 0 Å². The minimum absolute atomic E-state index is 0.0881. The van der Waals surface area contributed by atoms with Crippen LogP contribution in [0.5, 0.6) is 5.75 Å². The van der Waals surface area contributed by atoms with Gasteiger partial charge in [0.15, 0.2) is 0 Å². The fraction of sp³-hybridized carbons (Fsp3) is 0.259. The highest BCUT2D eigenvalue weighted by atomic mass is 32.2. The molecule has 0 bridgehead atoms. The van der Waals surface area contributed by atoms with Crippen LogP contribution in [0.2, 0.25) is 0 Å². The summed E-state index contributed by atoms with van der Waals surface area (Å²) in [6, 6.07) is 16.4. The van der Waals surface area contributed by atoms with E-state index in [2.05, 4.69) is 10.0 Å². The Kier molecular flexibility index (Phi) is 6.20. The van der Waals surface area contributed by atoms with E-state index in [1.54, 1.807) is 42.5 Å². The third-order valence-corrected chi connectivity index (χ3v) is 8.04. The fourth-order valence-electron chi connectivity index (χ4n) is 5.07. The topological polar surface area (TPSA) is 67.4 Å². The molecule has 0 fully saturated rings. The molecule has 0 aromatic heterocycles.